The molecule has 0 amide bonds. The van der Waals surface area contributed by atoms with Crippen LogP contribution in [0.2, 0.25) is 0 Å². The average molecular weight is 311 g/mol. The normalized spacial score (nSPS) is 17.2. The van der Waals surface area contributed by atoms with Crippen LogP contribution in [0.25, 0.3) is 0 Å². The lowest BCUT2D eigenvalue weighted by atomic mass is 10.0. The largest absolute Gasteiger partial charge is 0.490 e. The molecule has 1 aromatic carbocycles. The summed E-state index contributed by atoms with van der Waals surface area (Å²) >= 11 is 0. The van der Waals surface area contributed by atoms with E-state index >= 15 is 0 Å². The Balaban J connectivity index is 1.81. The molecule has 1 fully saturated rings. The summed E-state index contributed by atoms with van der Waals surface area (Å²) in [6, 6.07) is 10.8. The fraction of sp³-hybridized carbons (Fsp3) is 0.579. The molecule has 4 nitrogen and oxygen atoms in total. The third-order valence-electron chi connectivity index (χ3n) is 4.44. The van der Waals surface area contributed by atoms with Crippen LogP contribution < -0.4 is 4.74 Å². The number of benzene rings is 1. The Morgan fingerprint density at radius 1 is 1.26 bits per heavy atom. The molecule has 1 aliphatic heterocycles. The predicted molar refractivity (Wildman–Crippen MR) is 90.0 cm³/mol. The van der Waals surface area contributed by atoms with Gasteiger partial charge in [0.25, 0.3) is 0 Å². The SMILES string of the molecule is Cc1ccc(C)c(OC2CCN(C[C@H](C#N)CCC#N)CC2)c1. The van der Waals surface area contributed by atoms with Crippen LogP contribution in [0.3, 0.4) is 0 Å². The number of aryl methyl sites for hydroxylation is 2. The molecule has 1 aromatic rings. The van der Waals surface area contributed by atoms with E-state index in [1.165, 1.54) is 11.1 Å². The molecule has 122 valence electrons. The Bertz CT molecular complexity index is 592. The summed E-state index contributed by atoms with van der Waals surface area (Å²) in [5.41, 5.74) is 2.40. The van der Waals surface area contributed by atoms with Crippen molar-refractivity contribution in [3.63, 3.8) is 0 Å². The first-order valence-corrected chi connectivity index (χ1v) is 8.35. The van der Waals surface area contributed by atoms with Gasteiger partial charge in [-0.15, -0.1) is 0 Å². The summed E-state index contributed by atoms with van der Waals surface area (Å²) in [5.74, 6) is 0.957. The Kier molecular flexibility index (Phi) is 6.44. The standard InChI is InChI=1S/C19H25N3O/c1-15-5-6-16(2)19(12-15)23-18-7-10-22(11-8-18)14-17(13-21)4-3-9-20/h5-6,12,17-18H,3-4,7-8,10-11,14H2,1-2H3/t17-/m0/s1. The first-order chi connectivity index (χ1) is 11.1. The van der Waals surface area contributed by atoms with Crippen LogP contribution in [-0.2, 0) is 0 Å². The number of piperidine rings is 1. The first kappa shape index (κ1) is 17.3. The van der Waals surface area contributed by atoms with Crippen molar-refractivity contribution in [2.45, 2.75) is 45.6 Å². The number of hydrogen-bond donors (Lipinski definition) is 0. The van der Waals surface area contributed by atoms with Gasteiger partial charge in [-0.2, -0.15) is 10.5 Å². The zero-order valence-electron chi connectivity index (χ0n) is 14.1. The van der Waals surface area contributed by atoms with E-state index in [1.54, 1.807) is 0 Å². The van der Waals surface area contributed by atoms with Crippen LogP contribution in [0.15, 0.2) is 18.2 Å². The molecule has 0 saturated carbocycles. The third-order valence-corrected chi connectivity index (χ3v) is 4.44. The first-order valence-electron chi connectivity index (χ1n) is 8.35. The van der Waals surface area contributed by atoms with E-state index < -0.39 is 0 Å². The van der Waals surface area contributed by atoms with Crippen LogP contribution in [0.4, 0.5) is 0 Å². The maximum Gasteiger partial charge on any atom is 0.122 e. The van der Waals surface area contributed by atoms with Crippen LogP contribution in [0.5, 0.6) is 5.75 Å². The van der Waals surface area contributed by atoms with Gasteiger partial charge in [0.15, 0.2) is 0 Å². The maximum absolute atomic E-state index is 9.18. The highest BCUT2D eigenvalue weighted by Crippen LogP contribution is 2.24. The molecule has 0 unspecified atom stereocenters. The maximum atomic E-state index is 9.18. The lowest BCUT2D eigenvalue weighted by Gasteiger charge is -2.33. The molecule has 1 heterocycles. The zero-order valence-corrected chi connectivity index (χ0v) is 14.1. The number of hydrogen-bond acceptors (Lipinski definition) is 4. The molecule has 0 radical (unpaired) electrons. The fourth-order valence-corrected chi connectivity index (χ4v) is 2.97. The highest BCUT2D eigenvalue weighted by molar-refractivity contribution is 5.36. The second kappa shape index (κ2) is 8.56. The molecule has 23 heavy (non-hydrogen) atoms. The molecule has 0 aromatic heterocycles. The Morgan fingerprint density at radius 2 is 2.00 bits per heavy atom. The lowest BCUT2D eigenvalue weighted by molar-refractivity contribution is 0.0943. The van der Waals surface area contributed by atoms with Gasteiger partial charge in [0.1, 0.15) is 11.9 Å². The summed E-state index contributed by atoms with van der Waals surface area (Å²) in [6.07, 6.45) is 3.37. The Morgan fingerprint density at radius 3 is 2.65 bits per heavy atom. The molecule has 0 aliphatic carbocycles. The van der Waals surface area contributed by atoms with Crippen molar-refractivity contribution >= 4 is 0 Å². The van der Waals surface area contributed by atoms with Crippen LogP contribution in [0, 0.1) is 42.4 Å². The van der Waals surface area contributed by atoms with Crippen molar-refractivity contribution in [1.82, 2.24) is 4.90 Å². The van der Waals surface area contributed by atoms with Gasteiger partial charge < -0.3 is 9.64 Å². The highest BCUT2D eigenvalue weighted by atomic mass is 16.5. The van der Waals surface area contributed by atoms with Gasteiger partial charge in [0.05, 0.1) is 18.1 Å². The smallest absolute Gasteiger partial charge is 0.122 e. The summed E-state index contributed by atoms with van der Waals surface area (Å²) in [6.45, 7) is 6.85. The molecule has 0 bridgehead atoms. The average Bonchev–Trinajstić information content (AvgIpc) is 2.56. The molecule has 0 spiro atoms. The van der Waals surface area contributed by atoms with E-state index in [0.29, 0.717) is 12.8 Å². The Labute approximate surface area is 139 Å². The molecular formula is C19H25N3O. The van der Waals surface area contributed by atoms with Gasteiger partial charge in [-0.25, -0.2) is 0 Å². The van der Waals surface area contributed by atoms with Crippen molar-refractivity contribution in [3.05, 3.63) is 29.3 Å². The summed E-state index contributed by atoms with van der Waals surface area (Å²) in [7, 11) is 0. The minimum atomic E-state index is -0.0360. The molecule has 4 heteroatoms. The van der Waals surface area contributed by atoms with Crippen molar-refractivity contribution in [3.8, 4) is 17.9 Å². The number of rotatable bonds is 6. The topological polar surface area (TPSA) is 60.0 Å². The van der Waals surface area contributed by atoms with Crippen LogP contribution >= 0.6 is 0 Å². The minimum Gasteiger partial charge on any atom is -0.490 e. The van der Waals surface area contributed by atoms with Gasteiger partial charge in [-0.1, -0.05) is 12.1 Å². The van der Waals surface area contributed by atoms with Crippen LogP contribution in [0.1, 0.15) is 36.8 Å². The van der Waals surface area contributed by atoms with Crippen LogP contribution in [-0.4, -0.2) is 30.6 Å². The molecular weight excluding hydrogens is 286 g/mol. The van der Waals surface area contributed by atoms with Gasteiger partial charge in [0, 0.05) is 26.1 Å². The Hall–Kier alpha value is -2.04. The second-order valence-electron chi connectivity index (χ2n) is 6.41. The molecule has 0 N–H and O–H groups in total. The number of nitriles is 2. The minimum absolute atomic E-state index is 0.0360. The van der Waals surface area contributed by atoms with E-state index in [4.69, 9.17) is 10.00 Å². The second-order valence-corrected chi connectivity index (χ2v) is 6.41. The van der Waals surface area contributed by atoms with E-state index in [2.05, 4.69) is 49.1 Å². The van der Waals surface area contributed by atoms with Crippen molar-refractivity contribution in [2.24, 2.45) is 5.92 Å². The van der Waals surface area contributed by atoms with Gasteiger partial charge in [-0.3, -0.25) is 0 Å². The third kappa shape index (κ3) is 5.27. The quantitative estimate of drug-likeness (QED) is 0.805. The van der Waals surface area contributed by atoms with Crippen molar-refractivity contribution in [2.75, 3.05) is 19.6 Å². The molecule has 1 aliphatic rings. The molecule has 1 saturated heterocycles. The summed E-state index contributed by atoms with van der Waals surface area (Å²) in [4.78, 5) is 2.33. The van der Waals surface area contributed by atoms with E-state index in [0.717, 1.165) is 38.2 Å². The monoisotopic (exact) mass is 311 g/mol. The number of nitrogens with zero attached hydrogens (tertiary/aromatic N) is 3. The number of likely N-dealkylation sites (tertiary alicyclic amines) is 1. The van der Waals surface area contributed by atoms with E-state index in [-0.39, 0.29) is 12.0 Å². The van der Waals surface area contributed by atoms with E-state index in [1.807, 2.05) is 0 Å². The summed E-state index contributed by atoms with van der Waals surface area (Å²) < 4.78 is 6.18. The summed E-state index contributed by atoms with van der Waals surface area (Å²) in [5, 5.41) is 17.8. The molecule has 2 rings (SSSR count). The van der Waals surface area contributed by atoms with Crippen molar-refractivity contribution in [1.29, 1.82) is 10.5 Å². The lowest BCUT2D eigenvalue weighted by Crippen LogP contribution is -2.40. The zero-order chi connectivity index (χ0) is 16.7. The molecule has 1 atom stereocenters. The number of ether oxygens (including phenoxy) is 1. The fourth-order valence-electron chi connectivity index (χ4n) is 2.97. The van der Waals surface area contributed by atoms with Crippen molar-refractivity contribution < 1.29 is 4.74 Å². The van der Waals surface area contributed by atoms with Gasteiger partial charge in [-0.05, 0) is 50.3 Å². The van der Waals surface area contributed by atoms with Gasteiger partial charge in [0.2, 0.25) is 0 Å². The highest BCUT2D eigenvalue weighted by Gasteiger charge is 2.23. The van der Waals surface area contributed by atoms with E-state index in [9.17, 15) is 5.26 Å². The van der Waals surface area contributed by atoms with Gasteiger partial charge >= 0.3 is 0 Å². The predicted octanol–water partition coefficient (Wildman–Crippen LogP) is 3.59.